The summed E-state index contributed by atoms with van der Waals surface area (Å²) >= 11 is 0. The number of ether oxygens (including phenoxy) is 1. The summed E-state index contributed by atoms with van der Waals surface area (Å²) in [6, 6.07) is 7.40. The number of carboxylic acid groups (broad SMARTS) is 1. The fourth-order valence-corrected chi connectivity index (χ4v) is 1.53. The Hall–Kier alpha value is -3.10. The normalized spacial score (nSPS) is 11.0. The highest BCUT2D eigenvalue weighted by molar-refractivity contribution is 5.87. The lowest BCUT2D eigenvalue weighted by Crippen LogP contribution is -2.44. The van der Waals surface area contributed by atoms with Crippen LogP contribution in [0.5, 0.6) is 5.75 Å². The number of amides is 3. The van der Waals surface area contributed by atoms with Crippen LogP contribution in [0.1, 0.15) is 13.3 Å². The molecule has 9 nitrogen and oxygen atoms in total. The lowest BCUT2D eigenvalue weighted by molar-refractivity contribution is -0.141. The number of benzene rings is 1. The quantitative estimate of drug-likeness (QED) is 0.522. The summed E-state index contributed by atoms with van der Waals surface area (Å²) in [5, 5.41) is 15.5. The number of carbonyl (C=O) groups is 4. The second kappa shape index (κ2) is 9.82. The van der Waals surface area contributed by atoms with Crippen molar-refractivity contribution in [2.24, 2.45) is 0 Å². The van der Waals surface area contributed by atoms with Crippen molar-refractivity contribution >= 4 is 23.9 Å². The van der Waals surface area contributed by atoms with E-state index in [4.69, 9.17) is 9.84 Å². The monoisotopic (exact) mass is 337 g/mol. The molecule has 0 heterocycles. The predicted octanol–water partition coefficient (Wildman–Crippen LogP) is -0.129. The Kier molecular flexibility index (Phi) is 7.76. The molecule has 130 valence electrons. The van der Waals surface area contributed by atoms with E-state index >= 15 is 0 Å². The van der Waals surface area contributed by atoms with E-state index in [0.717, 1.165) is 0 Å². The molecule has 0 saturated carbocycles. The van der Waals surface area contributed by atoms with E-state index in [1.807, 2.05) is 0 Å². The molecule has 0 aliphatic heterocycles. The summed E-state index contributed by atoms with van der Waals surface area (Å²) in [5.41, 5.74) is 0. The van der Waals surface area contributed by atoms with E-state index in [2.05, 4.69) is 16.0 Å². The molecule has 1 atom stereocenters. The maximum atomic E-state index is 11.5. The van der Waals surface area contributed by atoms with Crippen LogP contribution in [0.15, 0.2) is 30.3 Å². The SMILES string of the molecule is CC(NC(=O)CNC(=O)CCNC(=O)Oc1ccccc1)C(=O)O. The first-order valence-electron chi connectivity index (χ1n) is 7.18. The lowest BCUT2D eigenvalue weighted by atomic mass is 10.3. The predicted molar refractivity (Wildman–Crippen MR) is 83.3 cm³/mol. The third kappa shape index (κ3) is 7.78. The summed E-state index contributed by atoms with van der Waals surface area (Å²) in [6.45, 7) is 1.000. The first kappa shape index (κ1) is 18.9. The summed E-state index contributed by atoms with van der Waals surface area (Å²) in [5.74, 6) is -1.87. The van der Waals surface area contributed by atoms with E-state index < -0.39 is 29.9 Å². The molecule has 3 amide bonds. The van der Waals surface area contributed by atoms with Gasteiger partial charge in [-0.15, -0.1) is 0 Å². The van der Waals surface area contributed by atoms with E-state index in [1.54, 1.807) is 30.3 Å². The van der Waals surface area contributed by atoms with E-state index in [-0.39, 0.29) is 19.5 Å². The van der Waals surface area contributed by atoms with Gasteiger partial charge in [0.15, 0.2) is 0 Å². The van der Waals surface area contributed by atoms with Gasteiger partial charge >= 0.3 is 12.1 Å². The molecular formula is C15H19N3O6. The van der Waals surface area contributed by atoms with Crippen molar-refractivity contribution in [3.05, 3.63) is 30.3 Å². The van der Waals surface area contributed by atoms with Gasteiger partial charge < -0.3 is 25.8 Å². The van der Waals surface area contributed by atoms with Crippen LogP contribution in [0.3, 0.4) is 0 Å². The smallest absolute Gasteiger partial charge is 0.412 e. The Morgan fingerprint density at radius 2 is 1.75 bits per heavy atom. The molecule has 1 unspecified atom stereocenters. The van der Waals surface area contributed by atoms with E-state index in [1.165, 1.54) is 6.92 Å². The maximum absolute atomic E-state index is 11.5. The van der Waals surface area contributed by atoms with E-state index in [0.29, 0.717) is 5.75 Å². The highest BCUT2D eigenvalue weighted by atomic mass is 16.6. The molecule has 0 bridgehead atoms. The highest BCUT2D eigenvalue weighted by Crippen LogP contribution is 2.07. The number of hydrogen-bond donors (Lipinski definition) is 4. The van der Waals surface area contributed by atoms with Crippen LogP contribution in [0, 0.1) is 0 Å². The lowest BCUT2D eigenvalue weighted by Gasteiger charge is -2.10. The number of carboxylic acids is 1. The number of hydrogen-bond acceptors (Lipinski definition) is 5. The molecule has 0 aliphatic rings. The number of carbonyl (C=O) groups excluding carboxylic acids is 3. The Labute approximate surface area is 138 Å². The molecular weight excluding hydrogens is 318 g/mol. The third-order valence-corrected chi connectivity index (χ3v) is 2.77. The molecule has 24 heavy (non-hydrogen) atoms. The number of aliphatic carboxylic acids is 1. The summed E-state index contributed by atoms with van der Waals surface area (Å²) in [6.07, 6.45) is -0.743. The Morgan fingerprint density at radius 3 is 2.38 bits per heavy atom. The molecule has 0 radical (unpaired) electrons. The number of rotatable bonds is 8. The fraction of sp³-hybridized carbons (Fsp3) is 0.333. The van der Waals surface area contributed by atoms with Crippen LogP contribution in [0.25, 0.3) is 0 Å². The zero-order valence-electron chi connectivity index (χ0n) is 13.1. The van der Waals surface area contributed by atoms with Crippen LogP contribution in [0.4, 0.5) is 4.79 Å². The van der Waals surface area contributed by atoms with Crippen LogP contribution in [-0.4, -0.2) is 48.1 Å². The molecule has 0 aliphatic carbocycles. The topological polar surface area (TPSA) is 134 Å². The van der Waals surface area contributed by atoms with Gasteiger partial charge in [-0.2, -0.15) is 0 Å². The van der Waals surface area contributed by atoms with Crippen molar-refractivity contribution in [3.8, 4) is 5.75 Å². The first-order valence-corrected chi connectivity index (χ1v) is 7.18. The van der Waals surface area contributed by atoms with Gasteiger partial charge in [0, 0.05) is 13.0 Å². The molecule has 0 fully saturated rings. The van der Waals surface area contributed by atoms with Crippen molar-refractivity contribution in [1.29, 1.82) is 0 Å². The molecule has 1 aromatic carbocycles. The Bertz CT molecular complexity index is 590. The van der Waals surface area contributed by atoms with Crippen molar-refractivity contribution in [2.75, 3.05) is 13.1 Å². The maximum Gasteiger partial charge on any atom is 0.412 e. The molecule has 1 rings (SSSR count). The molecule has 9 heteroatoms. The van der Waals surface area contributed by atoms with Gasteiger partial charge in [0.25, 0.3) is 0 Å². The van der Waals surface area contributed by atoms with Gasteiger partial charge in [-0.3, -0.25) is 14.4 Å². The zero-order chi connectivity index (χ0) is 17.9. The average molecular weight is 337 g/mol. The number of para-hydroxylation sites is 1. The summed E-state index contributed by atoms with van der Waals surface area (Å²) < 4.78 is 4.96. The summed E-state index contributed by atoms with van der Waals surface area (Å²) in [4.78, 5) is 44.9. The second-order valence-corrected chi connectivity index (χ2v) is 4.78. The van der Waals surface area contributed by atoms with Gasteiger partial charge in [0.05, 0.1) is 6.54 Å². The zero-order valence-corrected chi connectivity index (χ0v) is 13.1. The van der Waals surface area contributed by atoms with Gasteiger partial charge in [0.1, 0.15) is 11.8 Å². The molecule has 0 aromatic heterocycles. The number of nitrogens with one attached hydrogen (secondary N) is 3. The minimum atomic E-state index is -1.17. The minimum Gasteiger partial charge on any atom is -0.480 e. The van der Waals surface area contributed by atoms with Crippen molar-refractivity contribution in [1.82, 2.24) is 16.0 Å². The van der Waals surface area contributed by atoms with Crippen LogP contribution >= 0.6 is 0 Å². The highest BCUT2D eigenvalue weighted by Gasteiger charge is 2.14. The first-order chi connectivity index (χ1) is 11.4. The Balaban J connectivity index is 2.16. The molecule has 0 saturated heterocycles. The van der Waals surface area contributed by atoms with Crippen molar-refractivity contribution < 1.29 is 29.0 Å². The second-order valence-electron chi connectivity index (χ2n) is 4.78. The van der Waals surface area contributed by atoms with Crippen molar-refractivity contribution in [3.63, 3.8) is 0 Å². The average Bonchev–Trinajstić information content (AvgIpc) is 2.53. The van der Waals surface area contributed by atoms with E-state index in [9.17, 15) is 19.2 Å². The minimum absolute atomic E-state index is 0.0324. The van der Waals surface area contributed by atoms with Gasteiger partial charge in [-0.1, -0.05) is 18.2 Å². The largest absolute Gasteiger partial charge is 0.480 e. The summed E-state index contributed by atoms with van der Waals surface area (Å²) in [7, 11) is 0. The fourth-order valence-electron chi connectivity index (χ4n) is 1.53. The molecule has 0 spiro atoms. The van der Waals surface area contributed by atoms with Crippen LogP contribution < -0.4 is 20.7 Å². The standard InChI is InChI=1S/C15H19N3O6/c1-10(14(21)22)18-13(20)9-17-12(19)7-8-16-15(23)24-11-5-3-2-4-6-11/h2-6,10H,7-9H2,1H3,(H,16,23)(H,17,19)(H,18,20)(H,21,22). The van der Waals surface area contributed by atoms with Gasteiger partial charge in [0.2, 0.25) is 11.8 Å². The molecule has 4 N–H and O–H groups in total. The van der Waals surface area contributed by atoms with Crippen LogP contribution in [0.2, 0.25) is 0 Å². The molecule has 1 aromatic rings. The third-order valence-electron chi connectivity index (χ3n) is 2.77. The Morgan fingerprint density at radius 1 is 1.08 bits per heavy atom. The van der Waals surface area contributed by atoms with Gasteiger partial charge in [-0.25, -0.2) is 4.79 Å². The van der Waals surface area contributed by atoms with Crippen LogP contribution in [-0.2, 0) is 14.4 Å². The van der Waals surface area contributed by atoms with Crippen molar-refractivity contribution in [2.45, 2.75) is 19.4 Å². The van der Waals surface area contributed by atoms with Gasteiger partial charge in [-0.05, 0) is 19.1 Å².